The highest BCUT2D eigenvalue weighted by Gasteiger charge is 2.27. The highest BCUT2D eigenvalue weighted by atomic mass is 32.2. The number of rotatable bonds is 5. The number of thioether (sulfide) groups is 1. The molecule has 6 heteroatoms. The van der Waals surface area contributed by atoms with Crippen molar-refractivity contribution in [1.29, 1.82) is 0 Å². The van der Waals surface area contributed by atoms with Gasteiger partial charge in [-0.15, -0.1) is 11.8 Å². The molecule has 0 atom stereocenters. The Morgan fingerprint density at radius 3 is 2.38 bits per heavy atom. The van der Waals surface area contributed by atoms with Crippen LogP contribution in [0.5, 0.6) is 0 Å². The molecule has 0 fully saturated rings. The maximum Gasteiger partial charge on any atom is 0.398 e. The van der Waals surface area contributed by atoms with E-state index in [4.69, 9.17) is 5.73 Å². The zero-order valence-corrected chi connectivity index (χ0v) is 12.0. The number of nitrogens with two attached hydrogens (primary N) is 1. The van der Waals surface area contributed by atoms with E-state index in [1.54, 1.807) is 30.3 Å². The van der Waals surface area contributed by atoms with E-state index in [9.17, 15) is 13.2 Å². The van der Waals surface area contributed by atoms with Gasteiger partial charge in [0.1, 0.15) is 0 Å². The van der Waals surface area contributed by atoms with E-state index in [1.165, 1.54) is 0 Å². The van der Waals surface area contributed by atoms with Crippen molar-refractivity contribution in [3.05, 3.63) is 54.1 Å². The second kappa shape index (κ2) is 6.76. The number of halogens is 3. The second-order valence-corrected chi connectivity index (χ2v) is 5.47. The van der Waals surface area contributed by atoms with Crippen molar-refractivity contribution in [3.63, 3.8) is 0 Å². The average molecular weight is 312 g/mol. The Labute approximate surface area is 125 Å². The number of nitrogen functional groups attached to an aromatic ring is 1. The number of para-hydroxylation sites is 2. The van der Waals surface area contributed by atoms with E-state index < -0.39 is 11.9 Å². The van der Waals surface area contributed by atoms with Crippen molar-refractivity contribution in [3.8, 4) is 0 Å². The Kier molecular flexibility index (Phi) is 5.01. The molecule has 0 unspecified atom stereocenters. The highest BCUT2D eigenvalue weighted by Crippen LogP contribution is 2.32. The van der Waals surface area contributed by atoms with Gasteiger partial charge in [0.15, 0.2) is 0 Å². The quantitative estimate of drug-likeness (QED) is 0.629. The monoisotopic (exact) mass is 312 g/mol. The first-order valence-electron chi connectivity index (χ1n) is 6.31. The van der Waals surface area contributed by atoms with Crippen LogP contribution in [0.2, 0.25) is 0 Å². The number of alkyl halides is 3. The predicted octanol–water partition coefficient (Wildman–Crippen LogP) is 4.54. The van der Waals surface area contributed by atoms with Crippen LogP contribution in [0.1, 0.15) is 5.56 Å². The Morgan fingerprint density at radius 2 is 1.67 bits per heavy atom. The Bertz CT molecular complexity index is 599. The lowest BCUT2D eigenvalue weighted by atomic mass is 10.2. The van der Waals surface area contributed by atoms with Gasteiger partial charge in [0.05, 0.1) is 5.75 Å². The van der Waals surface area contributed by atoms with Crippen molar-refractivity contribution >= 4 is 23.1 Å². The zero-order valence-electron chi connectivity index (χ0n) is 11.2. The van der Waals surface area contributed by atoms with E-state index in [1.807, 2.05) is 18.2 Å². The summed E-state index contributed by atoms with van der Waals surface area (Å²) in [7, 11) is 0. The van der Waals surface area contributed by atoms with Crippen molar-refractivity contribution in [2.24, 2.45) is 0 Å². The van der Waals surface area contributed by atoms with Gasteiger partial charge in [0.25, 0.3) is 0 Å². The van der Waals surface area contributed by atoms with Gasteiger partial charge in [0, 0.05) is 22.8 Å². The van der Waals surface area contributed by atoms with Gasteiger partial charge in [-0.2, -0.15) is 13.2 Å². The summed E-state index contributed by atoms with van der Waals surface area (Å²) in [4.78, 5) is 0.573. The van der Waals surface area contributed by atoms with Crippen LogP contribution in [0.15, 0.2) is 53.4 Å². The fourth-order valence-electron chi connectivity index (χ4n) is 1.78. The lowest BCUT2D eigenvalue weighted by Crippen LogP contribution is -2.11. The van der Waals surface area contributed by atoms with E-state index in [0.29, 0.717) is 22.8 Å². The van der Waals surface area contributed by atoms with Gasteiger partial charge in [-0.25, -0.2) is 0 Å². The summed E-state index contributed by atoms with van der Waals surface area (Å²) in [5, 5.41) is 3.14. The fourth-order valence-corrected chi connectivity index (χ4v) is 2.57. The molecule has 0 aliphatic carbocycles. The maximum absolute atomic E-state index is 12.3. The third-order valence-corrected chi connectivity index (χ3v) is 3.94. The summed E-state index contributed by atoms with van der Waals surface area (Å²) in [5.41, 5.74) is 8.09. The van der Waals surface area contributed by atoms with Crippen LogP contribution < -0.4 is 11.1 Å². The average Bonchev–Trinajstić information content (AvgIpc) is 2.44. The molecule has 112 valence electrons. The lowest BCUT2D eigenvalue weighted by molar-refractivity contribution is -0.105. The van der Waals surface area contributed by atoms with Crippen LogP contribution >= 0.6 is 11.8 Å². The first-order valence-corrected chi connectivity index (χ1v) is 7.30. The van der Waals surface area contributed by atoms with Crippen molar-refractivity contribution < 1.29 is 13.2 Å². The van der Waals surface area contributed by atoms with Gasteiger partial charge >= 0.3 is 6.18 Å². The van der Waals surface area contributed by atoms with Gasteiger partial charge in [0.2, 0.25) is 0 Å². The molecule has 0 radical (unpaired) electrons. The van der Waals surface area contributed by atoms with E-state index in [0.717, 1.165) is 17.3 Å². The van der Waals surface area contributed by atoms with Crippen LogP contribution in [0.4, 0.5) is 24.5 Å². The van der Waals surface area contributed by atoms with E-state index >= 15 is 0 Å². The van der Waals surface area contributed by atoms with Crippen LogP contribution in [-0.2, 0) is 6.54 Å². The molecule has 2 rings (SSSR count). The molecule has 0 aliphatic rings. The molecule has 3 N–H and O–H groups in total. The summed E-state index contributed by atoms with van der Waals surface area (Å²) in [6.45, 7) is 0.469. The van der Waals surface area contributed by atoms with Gasteiger partial charge in [-0.1, -0.05) is 30.3 Å². The minimum Gasteiger partial charge on any atom is -0.398 e. The van der Waals surface area contributed by atoms with Gasteiger partial charge < -0.3 is 11.1 Å². The maximum atomic E-state index is 12.3. The summed E-state index contributed by atoms with van der Waals surface area (Å²) in [5.74, 6) is -0.904. The first kappa shape index (κ1) is 15.6. The molecule has 0 aromatic heterocycles. The largest absolute Gasteiger partial charge is 0.398 e. The second-order valence-electron chi connectivity index (χ2n) is 4.45. The first-order chi connectivity index (χ1) is 9.96. The molecule has 0 amide bonds. The topological polar surface area (TPSA) is 38.0 Å². The molecule has 21 heavy (non-hydrogen) atoms. The van der Waals surface area contributed by atoms with Crippen molar-refractivity contribution in [2.75, 3.05) is 16.8 Å². The molecule has 0 heterocycles. The molecule has 0 bridgehead atoms. The van der Waals surface area contributed by atoms with Crippen molar-refractivity contribution in [2.45, 2.75) is 17.6 Å². The van der Waals surface area contributed by atoms with Crippen LogP contribution in [0.25, 0.3) is 0 Å². The predicted molar refractivity (Wildman–Crippen MR) is 81.4 cm³/mol. The fraction of sp³-hybridized carbons (Fsp3) is 0.200. The number of hydrogen-bond acceptors (Lipinski definition) is 3. The smallest absolute Gasteiger partial charge is 0.398 e. The number of hydrogen-bond donors (Lipinski definition) is 2. The molecular formula is C15H15F3N2S. The van der Waals surface area contributed by atoms with Crippen LogP contribution in [0, 0.1) is 0 Å². The number of nitrogens with one attached hydrogen (secondary N) is 1. The zero-order chi connectivity index (χ0) is 15.3. The minimum atomic E-state index is -4.18. The van der Waals surface area contributed by atoms with Crippen molar-refractivity contribution in [1.82, 2.24) is 0 Å². The summed E-state index contributed by atoms with van der Waals surface area (Å²) in [6.07, 6.45) is -4.18. The van der Waals surface area contributed by atoms with Gasteiger partial charge in [-0.3, -0.25) is 0 Å². The molecule has 0 saturated heterocycles. The third kappa shape index (κ3) is 4.90. The normalized spacial score (nSPS) is 11.4. The summed E-state index contributed by atoms with van der Waals surface area (Å²) in [6, 6.07) is 14.3. The molecule has 2 nitrogen and oxygen atoms in total. The standard InChI is InChI=1S/C15H15F3N2S/c16-15(17,18)10-21-14-8-4-3-7-13(14)20-9-11-5-1-2-6-12(11)19/h1-8,20H,9-10,19H2. The van der Waals surface area contributed by atoms with Gasteiger partial charge in [-0.05, 0) is 23.8 Å². The summed E-state index contributed by atoms with van der Waals surface area (Å²) < 4.78 is 37.0. The minimum absolute atomic E-state index is 0.469. The van der Waals surface area contributed by atoms with E-state index in [2.05, 4.69) is 5.32 Å². The Morgan fingerprint density at radius 1 is 1.00 bits per heavy atom. The number of benzene rings is 2. The lowest BCUT2D eigenvalue weighted by Gasteiger charge is -2.13. The highest BCUT2D eigenvalue weighted by molar-refractivity contribution is 7.99. The Hall–Kier alpha value is -1.82. The third-order valence-electron chi connectivity index (χ3n) is 2.80. The van der Waals surface area contributed by atoms with Crippen LogP contribution in [0.3, 0.4) is 0 Å². The SMILES string of the molecule is Nc1ccccc1CNc1ccccc1SCC(F)(F)F. The Balaban J connectivity index is 2.05. The molecule has 0 saturated carbocycles. The molecule has 0 spiro atoms. The number of anilines is 2. The van der Waals surface area contributed by atoms with Crippen LogP contribution in [-0.4, -0.2) is 11.9 Å². The van der Waals surface area contributed by atoms with E-state index in [-0.39, 0.29) is 0 Å². The molecule has 2 aromatic rings. The molecule has 2 aromatic carbocycles. The summed E-state index contributed by atoms with van der Waals surface area (Å²) >= 11 is 0.775. The molecular weight excluding hydrogens is 297 g/mol. The molecule has 0 aliphatic heterocycles.